The van der Waals surface area contributed by atoms with Gasteiger partial charge in [-0.05, 0) is 12.5 Å². The molecular formula is C13H17N3. The van der Waals surface area contributed by atoms with Crippen molar-refractivity contribution in [3.8, 4) is 0 Å². The number of imidazole rings is 1. The van der Waals surface area contributed by atoms with E-state index >= 15 is 0 Å². The molecule has 0 saturated heterocycles. The van der Waals surface area contributed by atoms with Crippen LogP contribution >= 0.6 is 0 Å². The molecule has 3 heteroatoms. The SMILES string of the molecule is Cc1nc(C(C)c2ccccc2)c(N)n1C. The maximum atomic E-state index is 6.04. The van der Waals surface area contributed by atoms with E-state index in [-0.39, 0.29) is 5.92 Å². The first-order valence-electron chi connectivity index (χ1n) is 5.45. The zero-order chi connectivity index (χ0) is 11.7. The van der Waals surface area contributed by atoms with Crippen molar-refractivity contribution in [3.05, 3.63) is 47.4 Å². The van der Waals surface area contributed by atoms with Crippen LogP contribution in [0.4, 0.5) is 5.82 Å². The van der Waals surface area contributed by atoms with Gasteiger partial charge < -0.3 is 10.3 Å². The van der Waals surface area contributed by atoms with Crippen LogP contribution in [0, 0.1) is 6.92 Å². The Bertz CT molecular complexity index is 485. The Hall–Kier alpha value is -1.77. The van der Waals surface area contributed by atoms with Gasteiger partial charge in [-0.25, -0.2) is 4.98 Å². The highest BCUT2D eigenvalue weighted by molar-refractivity contribution is 5.44. The molecule has 0 bridgehead atoms. The lowest BCUT2D eigenvalue weighted by molar-refractivity contribution is 0.866. The lowest BCUT2D eigenvalue weighted by Crippen LogP contribution is -2.03. The number of benzene rings is 1. The summed E-state index contributed by atoms with van der Waals surface area (Å²) < 4.78 is 1.93. The molecule has 1 aromatic carbocycles. The fourth-order valence-corrected chi connectivity index (χ4v) is 1.87. The maximum absolute atomic E-state index is 6.04. The summed E-state index contributed by atoms with van der Waals surface area (Å²) in [5.74, 6) is 1.95. The Balaban J connectivity index is 2.42. The predicted octanol–water partition coefficient (Wildman–Crippen LogP) is 2.46. The summed E-state index contributed by atoms with van der Waals surface area (Å²) in [5.41, 5.74) is 8.25. The van der Waals surface area contributed by atoms with Crippen LogP contribution in [0.25, 0.3) is 0 Å². The van der Waals surface area contributed by atoms with Crippen molar-refractivity contribution in [1.29, 1.82) is 0 Å². The van der Waals surface area contributed by atoms with E-state index in [4.69, 9.17) is 5.73 Å². The normalized spacial score (nSPS) is 12.7. The third-order valence-electron chi connectivity index (χ3n) is 3.10. The monoisotopic (exact) mass is 215 g/mol. The van der Waals surface area contributed by atoms with Crippen molar-refractivity contribution in [2.24, 2.45) is 7.05 Å². The summed E-state index contributed by atoms with van der Waals surface area (Å²) in [7, 11) is 1.94. The van der Waals surface area contributed by atoms with Crippen LogP contribution in [0.15, 0.2) is 30.3 Å². The number of hydrogen-bond donors (Lipinski definition) is 1. The highest BCUT2D eigenvalue weighted by Gasteiger charge is 2.16. The van der Waals surface area contributed by atoms with Crippen LogP contribution < -0.4 is 5.73 Å². The van der Waals surface area contributed by atoms with E-state index in [0.717, 1.165) is 17.3 Å². The molecule has 2 rings (SSSR count). The topological polar surface area (TPSA) is 43.8 Å². The fourth-order valence-electron chi connectivity index (χ4n) is 1.87. The van der Waals surface area contributed by atoms with Gasteiger partial charge in [-0.1, -0.05) is 37.3 Å². The van der Waals surface area contributed by atoms with Gasteiger partial charge in [-0.15, -0.1) is 0 Å². The zero-order valence-corrected chi connectivity index (χ0v) is 9.94. The average Bonchev–Trinajstić information content (AvgIpc) is 2.57. The Morgan fingerprint density at radius 1 is 1.25 bits per heavy atom. The summed E-state index contributed by atoms with van der Waals surface area (Å²) in [6.45, 7) is 4.10. The van der Waals surface area contributed by atoms with Crippen molar-refractivity contribution in [3.63, 3.8) is 0 Å². The number of anilines is 1. The molecule has 84 valence electrons. The van der Waals surface area contributed by atoms with Gasteiger partial charge in [0.1, 0.15) is 11.6 Å². The Morgan fingerprint density at radius 3 is 2.38 bits per heavy atom. The first kappa shape index (κ1) is 10.7. The van der Waals surface area contributed by atoms with E-state index in [1.807, 2.05) is 36.7 Å². The van der Waals surface area contributed by atoms with Crippen LogP contribution in [0.5, 0.6) is 0 Å². The zero-order valence-electron chi connectivity index (χ0n) is 9.94. The highest BCUT2D eigenvalue weighted by Crippen LogP contribution is 2.27. The molecule has 0 amide bonds. The van der Waals surface area contributed by atoms with Crippen molar-refractivity contribution >= 4 is 5.82 Å². The van der Waals surface area contributed by atoms with Crippen molar-refractivity contribution in [2.45, 2.75) is 19.8 Å². The molecule has 0 aliphatic rings. The quantitative estimate of drug-likeness (QED) is 0.836. The molecule has 1 unspecified atom stereocenters. The molecule has 2 N–H and O–H groups in total. The largest absolute Gasteiger partial charge is 0.384 e. The number of nitrogens with zero attached hydrogens (tertiary/aromatic N) is 2. The molecule has 1 atom stereocenters. The summed E-state index contributed by atoms with van der Waals surface area (Å²) in [6, 6.07) is 10.3. The molecule has 0 fully saturated rings. The van der Waals surface area contributed by atoms with Gasteiger partial charge in [0.2, 0.25) is 0 Å². The summed E-state index contributed by atoms with van der Waals surface area (Å²) in [4.78, 5) is 4.52. The predicted molar refractivity (Wildman–Crippen MR) is 66.3 cm³/mol. The second-order valence-corrected chi connectivity index (χ2v) is 4.12. The van der Waals surface area contributed by atoms with Gasteiger partial charge in [0.25, 0.3) is 0 Å². The minimum Gasteiger partial charge on any atom is -0.384 e. The van der Waals surface area contributed by atoms with E-state index in [2.05, 4.69) is 24.0 Å². The molecule has 0 saturated carbocycles. The van der Waals surface area contributed by atoms with Gasteiger partial charge >= 0.3 is 0 Å². The van der Waals surface area contributed by atoms with Crippen LogP contribution in [0.1, 0.15) is 29.9 Å². The first-order chi connectivity index (χ1) is 7.61. The minimum absolute atomic E-state index is 0.237. The second kappa shape index (κ2) is 4.00. The molecule has 0 aliphatic carbocycles. The third kappa shape index (κ3) is 1.69. The minimum atomic E-state index is 0.237. The van der Waals surface area contributed by atoms with Gasteiger partial charge in [-0.3, -0.25) is 0 Å². The summed E-state index contributed by atoms with van der Waals surface area (Å²) in [5, 5.41) is 0. The standard InChI is InChI=1S/C13H17N3/c1-9(11-7-5-4-6-8-11)12-13(14)16(3)10(2)15-12/h4-9H,14H2,1-3H3. The maximum Gasteiger partial charge on any atom is 0.127 e. The lowest BCUT2D eigenvalue weighted by Gasteiger charge is -2.10. The van der Waals surface area contributed by atoms with Crippen molar-refractivity contribution < 1.29 is 0 Å². The Labute approximate surface area is 95.9 Å². The number of aromatic nitrogens is 2. The van der Waals surface area contributed by atoms with E-state index in [1.54, 1.807) is 0 Å². The van der Waals surface area contributed by atoms with Crippen molar-refractivity contribution in [2.75, 3.05) is 5.73 Å². The smallest absolute Gasteiger partial charge is 0.127 e. The molecule has 3 nitrogen and oxygen atoms in total. The van der Waals surface area contributed by atoms with Gasteiger partial charge in [0.15, 0.2) is 0 Å². The van der Waals surface area contributed by atoms with E-state index < -0.39 is 0 Å². The number of nitrogen functional groups attached to an aromatic ring is 1. The highest BCUT2D eigenvalue weighted by atomic mass is 15.1. The van der Waals surface area contributed by atoms with E-state index in [0.29, 0.717) is 0 Å². The van der Waals surface area contributed by atoms with Crippen LogP contribution in [-0.2, 0) is 7.05 Å². The molecule has 1 aromatic heterocycles. The van der Waals surface area contributed by atoms with Crippen LogP contribution in [0.3, 0.4) is 0 Å². The molecule has 0 aliphatic heterocycles. The van der Waals surface area contributed by atoms with Crippen LogP contribution in [0.2, 0.25) is 0 Å². The van der Waals surface area contributed by atoms with E-state index in [1.165, 1.54) is 5.56 Å². The number of aryl methyl sites for hydroxylation is 1. The van der Waals surface area contributed by atoms with Gasteiger partial charge in [-0.2, -0.15) is 0 Å². The van der Waals surface area contributed by atoms with Crippen LogP contribution in [-0.4, -0.2) is 9.55 Å². The second-order valence-electron chi connectivity index (χ2n) is 4.12. The number of hydrogen-bond acceptors (Lipinski definition) is 2. The Morgan fingerprint density at radius 2 is 1.88 bits per heavy atom. The Kier molecular flexibility index (Phi) is 2.69. The number of nitrogens with two attached hydrogens (primary N) is 1. The summed E-state index contributed by atoms with van der Waals surface area (Å²) in [6.07, 6.45) is 0. The first-order valence-corrected chi connectivity index (χ1v) is 5.45. The van der Waals surface area contributed by atoms with Crippen molar-refractivity contribution in [1.82, 2.24) is 9.55 Å². The molecule has 0 spiro atoms. The average molecular weight is 215 g/mol. The molecule has 2 aromatic rings. The van der Waals surface area contributed by atoms with Gasteiger partial charge in [0.05, 0.1) is 5.69 Å². The summed E-state index contributed by atoms with van der Waals surface area (Å²) >= 11 is 0. The fraction of sp³-hybridized carbons (Fsp3) is 0.308. The van der Waals surface area contributed by atoms with Gasteiger partial charge in [0, 0.05) is 13.0 Å². The molecule has 1 heterocycles. The molecule has 16 heavy (non-hydrogen) atoms. The van der Waals surface area contributed by atoms with E-state index in [9.17, 15) is 0 Å². The number of rotatable bonds is 2. The third-order valence-corrected chi connectivity index (χ3v) is 3.10. The molecule has 0 radical (unpaired) electrons. The lowest BCUT2D eigenvalue weighted by atomic mass is 9.98. The molecular weight excluding hydrogens is 198 g/mol.